The summed E-state index contributed by atoms with van der Waals surface area (Å²) in [5.41, 5.74) is 1.50. The Kier molecular flexibility index (Phi) is 3.97. The molecule has 3 aromatic rings. The number of pyridine rings is 1. The number of carbonyl (C=O) groups excluding carboxylic acids is 1. The molecular weight excluding hydrogens is 328 g/mol. The molecule has 1 N–H and O–H groups in total. The van der Waals surface area contributed by atoms with Crippen LogP contribution in [0.3, 0.4) is 0 Å². The minimum atomic E-state index is -0.0922. The van der Waals surface area contributed by atoms with Gasteiger partial charge in [-0.05, 0) is 47.2 Å². The molecule has 104 valence electrons. The molecule has 0 aliphatic heterocycles. The van der Waals surface area contributed by atoms with Gasteiger partial charge in [0.1, 0.15) is 0 Å². The summed E-state index contributed by atoms with van der Waals surface area (Å²) >= 11 is 3.44. The smallest absolute Gasteiger partial charge is 0.251 e. The molecule has 0 atom stereocenters. The summed E-state index contributed by atoms with van der Waals surface area (Å²) in [6.45, 7) is 0.429. The van der Waals surface area contributed by atoms with Crippen LogP contribution >= 0.6 is 15.9 Å². The van der Waals surface area contributed by atoms with Crippen molar-refractivity contribution in [3.63, 3.8) is 0 Å². The van der Waals surface area contributed by atoms with Crippen LogP contribution in [0.4, 0.5) is 0 Å². The highest BCUT2D eigenvalue weighted by atomic mass is 79.9. The van der Waals surface area contributed by atoms with Gasteiger partial charge < -0.3 is 5.32 Å². The summed E-state index contributed by atoms with van der Waals surface area (Å²) in [6, 6.07) is 17.3. The van der Waals surface area contributed by atoms with Crippen LogP contribution in [0.25, 0.3) is 10.8 Å². The van der Waals surface area contributed by atoms with Gasteiger partial charge in [0.15, 0.2) is 0 Å². The van der Waals surface area contributed by atoms with E-state index in [1.54, 1.807) is 6.20 Å². The summed E-state index contributed by atoms with van der Waals surface area (Å²) in [6.07, 6.45) is 1.72. The number of hydrogen-bond donors (Lipinski definition) is 1. The van der Waals surface area contributed by atoms with Gasteiger partial charge in [-0.15, -0.1) is 0 Å². The molecule has 0 aliphatic rings. The van der Waals surface area contributed by atoms with Gasteiger partial charge in [-0.1, -0.05) is 34.1 Å². The van der Waals surface area contributed by atoms with E-state index in [0.29, 0.717) is 12.1 Å². The van der Waals surface area contributed by atoms with Crippen molar-refractivity contribution in [3.8, 4) is 0 Å². The molecule has 3 rings (SSSR count). The predicted molar refractivity (Wildman–Crippen MR) is 87.1 cm³/mol. The van der Waals surface area contributed by atoms with Crippen molar-refractivity contribution < 1.29 is 4.79 Å². The molecule has 3 nitrogen and oxygen atoms in total. The molecule has 0 unspecified atom stereocenters. The number of fused-ring (bicyclic) bond motifs is 1. The zero-order chi connectivity index (χ0) is 14.7. The van der Waals surface area contributed by atoms with Crippen LogP contribution < -0.4 is 5.32 Å². The first-order valence-electron chi connectivity index (χ1n) is 6.60. The van der Waals surface area contributed by atoms with E-state index in [-0.39, 0.29) is 5.91 Å². The number of amides is 1. The molecule has 0 aliphatic carbocycles. The maximum atomic E-state index is 12.2. The Labute approximate surface area is 131 Å². The van der Waals surface area contributed by atoms with Gasteiger partial charge in [0.2, 0.25) is 0 Å². The highest BCUT2D eigenvalue weighted by molar-refractivity contribution is 9.10. The number of nitrogens with one attached hydrogen (secondary N) is 1. The molecule has 4 heteroatoms. The third-order valence-electron chi connectivity index (χ3n) is 3.22. The van der Waals surface area contributed by atoms with Crippen molar-refractivity contribution in [2.45, 2.75) is 6.54 Å². The van der Waals surface area contributed by atoms with E-state index < -0.39 is 0 Å². The monoisotopic (exact) mass is 340 g/mol. The minimum absolute atomic E-state index is 0.0922. The highest BCUT2D eigenvalue weighted by Gasteiger charge is 2.06. The van der Waals surface area contributed by atoms with Crippen molar-refractivity contribution in [3.05, 3.63) is 76.5 Å². The lowest BCUT2D eigenvalue weighted by atomic mass is 10.1. The first-order chi connectivity index (χ1) is 10.2. The van der Waals surface area contributed by atoms with E-state index in [2.05, 4.69) is 26.2 Å². The maximum absolute atomic E-state index is 12.2. The fourth-order valence-corrected chi connectivity index (χ4v) is 2.51. The summed E-state index contributed by atoms with van der Waals surface area (Å²) in [5.74, 6) is -0.0922. The largest absolute Gasteiger partial charge is 0.346 e. The Morgan fingerprint density at radius 1 is 1.05 bits per heavy atom. The Bertz CT molecular complexity index is 787. The standard InChI is InChI=1S/C17H13BrN2O/c18-15-7-6-12-9-14(5-4-13(12)10-15)17(21)20-11-16-3-1-2-8-19-16/h1-10H,11H2,(H,20,21). The van der Waals surface area contributed by atoms with E-state index >= 15 is 0 Å². The van der Waals surface area contributed by atoms with Crippen LogP contribution in [0.2, 0.25) is 0 Å². The first-order valence-corrected chi connectivity index (χ1v) is 7.39. The third kappa shape index (κ3) is 3.28. The van der Waals surface area contributed by atoms with Crippen LogP contribution in [0.1, 0.15) is 16.1 Å². The van der Waals surface area contributed by atoms with Crippen molar-refractivity contribution in [2.24, 2.45) is 0 Å². The van der Waals surface area contributed by atoms with Crippen molar-refractivity contribution >= 4 is 32.6 Å². The Hall–Kier alpha value is -2.20. The molecule has 0 spiro atoms. The molecule has 2 aromatic carbocycles. The van der Waals surface area contributed by atoms with Gasteiger partial charge in [0.05, 0.1) is 12.2 Å². The number of carbonyl (C=O) groups is 1. The van der Waals surface area contributed by atoms with Crippen LogP contribution in [0.5, 0.6) is 0 Å². The first kappa shape index (κ1) is 13.8. The molecular formula is C17H13BrN2O. The van der Waals surface area contributed by atoms with Crippen LogP contribution in [-0.2, 0) is 6.54 Å². The molecule has 1 amide bonds. The lowest BCUT2D eigenvalue weighted by Gasteiger charge is -2.06. The van der Waals surface area contributed by atoms with Crippen LogP contribution in [0, 0.1) is 0 Å². The number of hydrogen-bond acceptors (Lipinski definition) is 2. The molecule has 0 saturated carbocycles. The highest BCUT2D eigenvalue weighted by Crippen LogP contribution is 2.21. The number of rotatable bonds is 3. The molecule has 0 bridgehead atoms. The summed E-state index contributed by atoms with van der Waals surface area (Å²) in [7, 11) is 0. The number of benzene rings is 2. The second-order valence-corrected chi connectivity index (χ2v) is 5.63. The van der Waals surface area contributed by atoms with E-state index in [9.17, 15) is 4.79 Å². The third-order valence-corrected chi connectivity index (χ3v) is 3.71. The summed E-state index contributed by atoms with van der Waals surface area (Å²) in [5, 5.41) is 5.03. The number of halogens is 1. The quantitative estimate of drug-likeness (QED) is 0.784. The zero-order valence-corrected chi connectivity index (χ0v) is 12.8. The zero-order valence-electron chi connectivity index (χ0n) is 11.2. The SMILES string of the molecule is O=C(NCc1ccccn1)c1ccc2cc(Br)ccc2c1. The van der Waals surface area contributed by atoms with E-state index in [4.69, 9.17) is 0 Å². The Morgan fingerprint density at radius 3 is 2.67 bits per heavy atom. The lowest BCUT2D eigenvalue weighted by molar-refractivity contribution is 0.0950. The average Bonchev–Trinajstić information content (AvgIpc) is 2.53. The van der Waals surface area contributed by atoms with Crippen molar-refractivity contribution in [2.75, 3.05) is 0 Å². The van der Waals surface area contributed by atoms with Crippen molar-refractivity contribution in [1.29, 1.82) is 0 Å². The molecule has 0 radical (unpaired) electrons. The summed E-state index contributed by atoms with van der Waals surface area (Å²) < 4.78 is 1.03. The molecule has 1 heterocycles. The fourth-order valence-electron chi connectivity index (χ4n) is 2.13. The van der Waals surface area contributed by atoms with Gasteiger partial charge in [-0.2, -0.15) is 0 Å². The van der Waals surface area contributed by atoms with Crippen LogP contribution in [-0.4, -0.2) is 10.9 Å². The van der Waals surface area contributed by atoms with Gasteiger partial charge in [0, 0.05) is 16.2 Å². The average molecular weight is 341 g/mol. The number of nitrogens with zero attached hydrogens (tertiary/aromatic N) is 1. The van der Waals surface area contributed by atoms with E-state index in [1.165, 1.54) is 0 Å². The Balaban J connectivity index is 1.77. The molecule has 21 heavy (non-hydrogen) atoms. The second kappa shape index (κ2) is 6.06. The summed E-state index contributed by atoms with van der Waals surface area (Å²) in [4.78, 5) is 16.4. The van der Waals surface area contributed by atoms with Gasteiger partial charge in [0.25, 0.3) is 5.91 Å². The van der Waals surface area contributed by atoms with Gasteiger partial charge >= 0.3 is 0 Å². The second-order valence-electron chi connectivity index (χ2n) is 4.71. The van der Waals surface area contributed by atoms with E-state index in [0.717, 1.165) is 20.9 Å². The van der Waals surface area contributed by atoms with Gasteiger partial charge in [-0.3, -0.25) is 9.78 Å². The fraction of sp³-hybridized carbons (Fsp3) is 0.0588. The maximum Gasteiger partial charge on any atom is 0.251 e. The normalized spacial score (nSPS) is 10.5. The van der Waals surface area contributed by atoms with Gasteiger partial charge in [-0.25, -0.2) is 0 Å². The minimum Gasteiger partial charge on any atom is -0.346 e. The van der Waals surface area contributed by atoms with E-state index in [1.807, 2.05) is 54.6 Å². The van der Waals surface area contributed by atoms with Crippen LogP contribution in [0.15, 0.2) is 65.3 Å². The lowest BCUT2D eigenvalue weighted by Crippen LogP contribution is -2.23. The molecule has 0 saturated heterocycles. The predicted octanol–water partition coefficient (Wildman–Crippen LogP) is 3.93. The Morgan fingerprint density at radius 2 is 1.86 bits per heavy atom. The molecule has 0 fully saturated rings. The number of aromatic nitrogens is 1. The molecule has 1 aromatic heterocycles. The van der Waals surface area contributed by atoms with Crippen molar-refractivity contribution in [1.82, 2.24) is 10.3 Å². The topological polar surface area (TPSA) is 42.0 Å².